The van der Waals surface area contributed by atoms with Gasteiger partial charge in [-0.1, -0.05) is 0 Å². The van der Waals surface area contributed by atoms with Crippen LogP contribution in [0.25, 0.3) is 0 Å². The number of hydrogen-bond acceptors (Lipinski definition) is 6. The molecule has 1 aromatic rings. The summed E-state index contributed by atoms with van der Waals surface area (Å²) < 4.78 is 28.0. The molecule has 8 heteroatoms. The fourth-order valence-electron chi connectivity index (χ4n) is 0.299. The maximum Gasteiger partial charge on any atom is 0.382 e. The number of rotatable bonds is 2. The molecular formula is C2H3N3O3S2. The molecular weight excluding hydrogens is 178 g/mol. The Balaban J connectivity index is 2.75. The van der Waals surface area contributed by atoms with Crippen LogP contribution in [-0.4, -0.2) is 17.8 Å². The summed E-state index contributed by atoms with van der Waals surface area (Å²) in [5.74, 6) is 0. The first-order chi connectivity index (χ1) is 4.58. The van der Waals surface area contributed by atoms with E-state index in [1.165, 1.54) is 6.33 Å². The van der Waals surface area contributed by atoms with Crippen molar-refractivity contribution < 1.29 is 12.6 Å². The Morgan fingerprint density at radius 3 is 2.80 bits per heavy atom. The van der Waals surface area contributed by atoms with E-state index in [1.54, 1.807) is 0 Å². The maximum absolute atomic E-state index is 10.2. The summed E-state index contributed by atoms with van der Waals surface area (Å²) in [6.07, 6.45) is 1.17. The van der Waals surface area contributed by atoms with Crippen LogP contribution in [0.4, 0.5) is 0 Å². The van der Waals surface area contributed by atoms with Gasteiger partial charge < -0.3 is 4.18 Å². The van der Waals surface area contributed by atoms with Gasteiger partial charge in [0.05, 0.1) is 0 Å². The Bertz CT molecular complexity index is 290. The zero-order chi connectivity index (χ0) is 7.61. The van der Waals surface area contributed by atoms with Crippen molar-refractivity contribution in [2.75, 3.05) is 0 Å². The average Bonchev–Trinajstić information content (AvgIpc) is 2.12. The molecule has 0 amide bonds. The first kappa shape index (κ1) is 7.38. The lowest BCUT2D eigenvalue weighted by Gasteiger charge is -1.92. The van der Waals surface area contributed by atoms with Crippen molar-refractivity contribution in [1.29, 1.82) is 0 Å². The molecule has 0 aromatic carbocycles. The van der Waals surface area contributed by atoms with Crippen molar-refractivity contribution >= 4 is 21.8 Å². The second kappa shape index (κ2) is 2.48. The normalized spacial score (nSPS) is 11.3. The van der Waals surface area contributed by atoms with E-state index in [0.717, 1.165) is 11.5 Å². The van der Waals surface area contributed by atoms with Crippen LogP contribution in [0.5, 0.6) is 5.19 Å². The lowest BCUT2D eigenvalue weighted by Crippen LogP contribution is -2.18. The van der Waals surface area contributed by atoms with Crippen molar-refractivity contribution in [1.82, 2.24) is 9.36 Å². The number of aromatic nitrogens is 2. The van der Waals surface area contributed by atoms with Crippen molar-refractivity contribution in [2.24, 2.45) is 5.14 Å². The minimum absolute atomic E-state index is 0.0810. The van der Waals surface area contributed by atoms with E-state index in [9.17, 15) is 8.42 Å². The van der Waals surface area contributed by atoms with Crippen LogP contribution in [0, 0.1) is 0 Å². The average molecular weight is 181 g/mol. The van der Waals surface area contributed by atoms with Gasteiger partial charge in [-0.05, 0) is 0 Å². The SMILES string of the molecule is NS(=O)(=O)Oc1ncns1. The molecule has 0 aliphatic heterocycles. The third-order valence-electron chi connectivity index (χ3n) is 0.529. The minimum Gasteiger partial charge on any atom is -0.338 e. The Morgan fingerprint density at radius 2 is 2.40 bits per heavy atom. The summed E-state index contributed by atoms with van der Waals surface area (Å²) in [6.45, 7) is 0. The number of nitrogens with two attached hydrogens (primary N) is 1. The molecule has 6 nitrogen and oxygen atoms in total. The van der Waals surface area contributed by atoms with Crippen LogP contribution >= 0.6 is 11.5 Å². The predicted octanol–water partition coefficient (Wildman–Crippen LogP) is -0.880. The van der Waals surface area contributed by atoms with Gasteiger partial charge in [0.15, 0.2) is 0 Å². The maximum atomic E-state index is 10.2. The summed E-state index contributed by atoms with van der Waals surface area (Å²) >= 11 is 0.807. The Hall–Kier alpha value is -0.730. The molecule has 0 aliphatic carbocycles. The van der Waals surface area contributed by atoms with Crippen LogP contribution in [0.1, 0.15) is 0 Å². The molecule has 0 atom stereocenters. The first-order valence-electron chi connectivity index (χ1n) is 2.07. The van der Waals surface area contributed by atoms with Crippen molar-refractivity contribution in [3.05, 3.63) is 6.33 Å². The number of nitrogens with zero attached hydrogens (tertiary/aromatic N) is 2. The van der Waals surface area contributed by atoms with Gasteiger partial charge in [0.2, 0.25) is 0 Å². The van der Waals surface area contributed by atoms with E-state index in [-0.39, 0.29) is 5.19 Å². The fourth-order valence-corrected chi connectivity index (χ4v) is 1.23. The summed E-state index contributed by atoms with van der Waals surface area (Å²) in [6, 6.07) is 0. The van der Waals surface area contributed by atoms with Crippen LogP contribution in [0.3, 0.4) is 0 Å². The molecule has 0 saturated carbocycles. The number of hydrogen-bond donors (Lipinski definition) is 1. The Morgan fingerprint density at radius 1 is 1.70 bits per heavy atom. The summed E-state index contributed by atoms with van der Waals surface area (Å²) in [5.41, 5.74) is 0. The van der Waals surface area contributed by atoms with Crippen molar-refractivity contribution in [2.45, 2.75) is 0 Å². The molecule has 0 radical (unpaired) electrons. The van der Waals surface area contributed by atoms with Gasteiger partial charge >= 0.3 is 15.5 Å². The summed E-state index contributed by atoms with van der Waals surface area (Å²) in [4.78, 5) is 3.43. The molecule has 0 fully saturated rings. The van der Waals surface area contributed by atoms with E-state index in [2.05, 4.69) is 18.7 Å². The lowest BCUT2D eigenvalue weighted by molar-refractivity contribution is 0.486. The smallest absolute Gasteiger partial charge is 0.338 e. The molecule has 2 N–H and O–H groups in total. The Kier molecular flexibility index (Phi) is 1.83. The summed E-state index contributed by atoms with van der Waals surface area (Å²) in [5, 5.41) is 4.43. The van der Waals surface area contributed by atoms with E-state index in [0.29, 0.717) is 0 Å². The first-order valence-corrected chi connectivity index (χ1v) is 4.31. The third kappa shape index (κ3) is 2.25. The molecule has 0 unspecified atom stereocenters. The highest BCUT2D eigenvalue weighted by molar-refractivity contribution is 7.84. The van der Waals surface area contributed by atoms with E-state index in [1.807, 2.05) is 0 Å². The molecule has 0 bridgehead atoms. The fraction of sp³-hybridized carbons (Fsp3) is 0. The second-order valence-corrected chi connectivity index (χ2v) is 3.18. The quantitative estimate of drug-likeness (QED) is 0.639. The molecule has 1 aromatic heterocycles. The molecule has 10 heavy (non-hydrogen) atoms. The van der Waals surface area contributed by atoms with Gasteiger partial charge in [0.25, 0.3) is 0 Å². The van der Waals surface area contributed by atoms with Gasteiger partial charge in [0, 0.05) is 11.5 Å². The highest BCUT2D eigenvalue weighted by atomic mass is 32.2. The largest absolute Gasteiger partial charge is 0.382 e. The highest BCUT2D eigenvalue weighted by Gasteiger charge is 2.06. The van der Waals surface area contributed by atoms with Crippen molar-refractivity contribution in [3.63, 3.8) is 0 Å². The lowest BCUT2D eigenvalue weighted by atomic mass is 11.3. The highest BCUT2D eigenvalue weighted by Crippen LogP contribution is 2.10. The topological polar surface area (TPSA) is 95.2 Å². The zero-order valence-corrected chi connectivity index (χ0v) is 6.22. The van der Waals surface area contributed by atoms with Gasteiger partial charge in [-0.15, -0.1) is 0 Å². The van der Waals surface area contributed by atoms with Crippen LogP contribution in [0.2, 0.25) is 0 Å². The van der Waals surface area contributed by atoms with E-state index < -0.39 is 10.3 Å². The minimum atomic E-state index is -3.94. The molecule has 1 heterocycles. The monoisotopic (exact) mass is 181 g/mol. The van der Waals surface area contributed by atoms with Crippen LogP contribution in [0.15, 0.2) is 6.33 Å². The third-order valence-corrected chi connectivity index (χ3v) is 1.57. The second-order valence-electron chi connectivity index (χ2n) is 1.28. The van der Waals surface area contributed by atoms with Crippen LogP contribution < -0.4 is 9.32 Å². The van der Waals surface area contributed by atoms with Gasteiger partial charge in [-0.3, -0.25) is 0 Å². The molecule has 56 valence electrons. The van der Waals surface area contributed by atoms with Crippen LogP contribution in [-0.2, 0) is 10.3 Å². The van der Waals surface area contributed by atoms with Gasteiger partial charge in [-0.25, -0.2) is 0 Å². The van der Waals surface area contributed by atoms with Gasteiger partial charge in [0.1, 0.15) is 6.33 Å². The van der Waals surface area contributed by atoms with E-state index in [4.69, 9.17) is 0 Å². The molecule has 0 spiro atoms. The zero-order valence-electron chi connectivity index (χ0n) is 4.59. The molecule has 0 saturated heterocycles. The van der Waals surface area contributed by atoms with Crippen molar-refractivity contribution in [3.8, 4) is 5.19 Å². The van der Waals surface area contributed by atoms with Gasteiger partial charge in [-0.2, -0.15) is 22.9 Å². The Labute approximate surface area is 61.1 Å². The molecule has 0 aliphatic rings. The summed E-state index contributed by atoms with van der Waals surface area (Å²) in [7, 11) is -3.94. The predicted molar refractivity (Wildman–Crippen MR) is 33.6 cm³/mol. The standard InChI is InChI=1S/C2H3N3O3S2/c3-10(6,7)8-2-4-1-5-9-2/h1H,(H2,3,6,7). The molecule has 1 rings (SSSR count). The van der Waals surface area contributed by atoms with E-state index >= 15 is 0 Å².